The van der Waals surface area contributed by atoms with Crippen molar-refractivity contribution in [2.24, 2.45) is 5.92 Å². The molecule has 3 aromatic rings. The average molecular weight is 416 g/mol. The van der Waals surface area contributed by atoms with Crippen LogP contribution in [0.25, 0.3) is 5.69 Å². The number of carbonyl (C=O) groups is 1. The summed E-state index contributed by atoms with van der Waals surface area (Å²) < 4.78 is 16.6. The number of benzene rings is 2. The molecular formula is C18H15BrFN5O. The average Bonchev–Trinajstić information content (AvgIpc) is 3.32. The molecule has 1 saturated carbocycles. The highest BCUT2D eigenvalue weighted by molar-refractivity contribution is 9.10. The Morgan fingerprint density at radius 3 is 2.73 bits per heavy atom. The molecule has 0 aliphatic heterocycles. The molecule has 2 atom stereocenters. The number of rotatable bonds is 4. The maximum absolute atomic E-state index is 14.1. The molecule has 0 radical (unpaired) electrons. The van der Waals surface area contributed by atoms with Crippen LogP contribution in [0.1, 0.15) is 23.7 Å². The first-order valence-corrected chi connectivity index (χ1v) is 8.93. The van der Waals surface area contributed by atoms with Crippen LogP contribution in [0.2, 0.25) is 0 Å². The molecule has 132 valence electrons. The number of hydrogen-bond donors (Lipinski definition) is 1. The first-order chi connectivity index (χ1) is 12.5. The number of nitrogens with zero attached hydrogens (tertiary/aromatic N) is 4. The lowest BCUT2D eigenvalue weighted by Gasteiger charge is -2.09. The Bertz CT molecular complexity index is 972. The fourth-order valence-corrected chi connectivity index (χ4v) is 3.26. The second-order valence-corrected chi connectivity index (χ2v) is 7.21. The van der Waals surface area contributed by atoms with Gasteiger partial charge < -0.3 is 5.32 Å². The van der Waals surface area contributed by atoms with Crippen molar-refractivity contribution >= 4 is 27.5 Å². The zero-order valence-electron chi connectivity index (χ0n) is 13.9. The van der Waals surface area contributed by atoms with Crippen molar-refractivity contribution in [3.8, 4) is 5.69 Å². The number of carbonyl (C=O) groups excluding carboxylic acids is 1. The van der Waals surface area contributed by atoms with Gasteiger partial charge >= 0.3 is 0 Å². The highest BCUT2D eigenvalue weighted by Crippen LogP contribution is 2.48. The summed E-state index contributed by atoms with van der Waals surface area (Å²) in [5.41, 5.74) is 1.83. The molecule has 1 fully saturated rings. The molecule has 1 aliphatic rings. The topological polar surface area (TPSA) is 72.7 Å². The molecule has 8 heteroatoms. The number of aromatic nitrogens is 4. The number of aryl methyl sites for hydroxylation is 1. The lowest BCUT2D eigenvalue weighted by molar-refractivity contribution is -0.117. The summed E-state index contributed by atoms with van der Waals surface area (Å²) in [5.74, 6) is -0.0624. The predicted molar refractivity (Wildman–Crippen MR) is 97.5 cm³/mol. The number of anilines is 1. The van der Waals surface area contributed by atoms with E-state index >= 15 is 0 Å². The molecular weight excluding hydrogens is 401 g/mol. The molecule has 0 saturated heterocycles. The van der Waals surface area contributed by atoms with E-state index in [-0.39, 0.29) is 23.4 Å². The SMILES string of the molecule is Cc1nnnn1-c1ccc(F)c(NC(=O)C2CC2c2ccc(Br)cc2)c1. The summed E-state index contributed by atoms with van der Waals surface area (Å²) in [6.45, 7) is 1.74. The normalized spacial score (nSPS) is 18.6. The van der Waals surface area contributed by atoms with Crippen LogP contribution in [0.5, 0.6) is 0 Å². The molecule has 4 rings (SSSR count). The Kier molecular flexibility index (Phi) is 4.28. The van der Waals surface area contributed by atoms with Gasteiger partial charge in [0.05, 0.1) is 11.4 Å². The van der Waals surface area contributed by atoms with Gasteiger partial charge in [-0.2, -0.15) is 4.68 Å². The molecule has 1 aromatic heterocycles. The zero-order valence-corrected chi connectivity index (χ0v) is 15.4. The monoisotopic (exact) mass is 415 g/mol. The maximum Gasteiger partial charge on any atom is 0.228 e. The minimum atomic E-state index is -0.492. The van der Waals surface area contributed by atoms with E-state index in [9.17, 15) is 9.18 Å². The lowest BCUT2D eigenvalue weighted by Crippen LogP contribution is -2.16. The summed E-state index contributed by atoms with van der Waals surface area (Å²) >= 11 is 3.40. The summed E-state index contributed by atoms with van der Waals surface area (Å²) in [4.78, 5) is 12.5. The van der Waals surface area contributed by atoms with Gasteiger partial charge in [-0.05, 0) is 65.6 Å². The molecule has 1 N–H and O–H groups in total. The van der Waals surface area contributed by atoms with Crippen LogP contribution in [-0.2, 0) is 4.79 Å². The number of hydrogen-bond acceptors (Lipinski definition) is 4. The van der Waals surface area contributed by atoms with Gasteiger partial charge in [0.15, 0.2) is 5.82 Å². The third-order valence-electron chi connectivity index (χ3n) is 4.50. The van der Waals surface area contributed by atoms with E-state index in [0.29, 0.717) is 11.5 Å². The first kappa shape index (κ1) is 16.8. The van der Waals surface area contributed by atoms with Gasteiger partial charge in [-0.15, -0.1) is 5.10 Å². The van der Waals surface area contributed by atoms with Gasteiger partial charge in [-0.25, -0.2) is 4.39 Å². The Balaban J connectivity index is 1.50. The molecule has 1 amide bonds. The third kappa shape index (κ3) is 3.24. The van der Waals surface area contributed by atoms with Gasteiger partial charge in [0.25, 0.3) is 0 Å². The maximum atomic E-state index is 14.1. The minimum Gasteiger partial charge on any atom is -0.323 e. The smallest absolute Gasteiger partial charge is 0.228 e. The van der Waals surface area contributed by atoms with Crippen LogP contribution >= 0.6 is 15.9 Å². The highest BCUT2D eigenvalue weighted by atomic mass is 79.9. The van der Waals surface area contributed by atoms with Gasteiger partial charge in [-0.1, -0.05) is 28.1 Å². The molecule has 1 aliphatic carbocycles. The van der Waals surface area contributed by atoms with Crippen LogP contribution in [0.3, 0.4) is 0 Å². The van der Waals surface area contributed by atoms with Gasteiger partial charge in [0.1, 0.15) is 5.82 Å². The second-order valence-electron chi connectivity index (χ2n) is 6.29. The highest BCUT2D eigenvalue weighted by Gasteiger charge is 2.44. The zero-order chi connectivity index (χ0) is 18.3. The molecule has 26 heavy (non-hydrogen) atoms. The van der Waals surface area contributed by atoms with E-state index in [1.54, 1.807) is 13.0 Å². The Labute approximate surface area is 157 Å². The summed E-state index contributed by atoms with van der Waals surface area (Å²) in [6, 6.07) is 12.3. The largest absolute Gasteiger partial charge is 0.323 e. The fourth-order valence-electron chi connectivity index (χ4n) is 3.00. The number of tetrazole rings is 1. The minimum absolute atomic E-state index is 0.129. The number of nitrogens with one attached hydrogen (secondary N) is 1. The van der Waals surface area contributed by atoms with Crippen LogP contribution in [0.15, 0.2) is 46.9 Å². The van der Waals surface area contributed by atoms with Crippen molar-refractivity contribution in [3.63, 3.8) is 0 Å². The van der Waals surface area contributed by atoms with E-state index in [0.717, 1.165) is 16.5 Å². The number of halogens is 2. The van der Waals surface area contributed by atoms with Crippen molar-refractivity contribution in [2.45, 2.75) is 19.3 Å². The summed E-state index contributed by atoms with van der Waals surface area (Å²) in [7, 11) is 0. The van der Waals surface area contributed by atoms with Crippen LogP contribution in [0, 0.1) is 18.7 Å². The molecule has 1 heterocycles. The van der Waals surface area contributed by atoms with Crippen molar-refractivity contribution in [3.05, 3.63) is 64.1 Å². The van der Waals surface area contributed by atoms with E-state index in [1.165, 1.54) is 16.8 Å². The van der Waals surface area contributed by atoms with Crippen molar-refractivity contribution < 1.29 is 9.18 Å². The first-order valence-electron chi connectivity index (χ1n) is 8.14. The standard InChI is InChI=1S/C18H15BrFN5O/c1-10-22-23-24-25(10)13-6-7-16(20)17(8-13)21-18(26)15-9-14(15)11-2-4-12(19)5-3-11/h2-8,14-15H,9H2,1H3,(H,21,26). The van der Waals surface area contributed by atoms with Crippen LogP contribution in [-0.4, -0.2) is 26.1 Å². The van der Waals surface area contributed by atoms with Crippen molar-refractivity contribution in [2.75, 3.05) is 5.32 Å². The molecule has 2 unspecified atom stereocenters. The van der Waals surface area contributed by atoms with Crippen molar-refractivity contribution in [1.82, 2.24) is 20.2 Å². The molecule has 6 nitrogen and oxygen atoms in total. The Hall–Kier alpha value is -2.61. The van der Waals surface area contributed by atoms with E-state index in [4.69, 9.17) is 0 Å². The third-order valence-corrected chi connectivity index (χ3v) is 5.03. The van der Waals surface area contributed by atoms with E-state index < -0.39 is 5.82 Å². The summed E-state index contributed by atoms with van der Waals surface area (Å²) in [5, 5.41) is 13.9. The van der Waals surface area contributed by atoms with E-state index in [1.807, 2.05) is 24.3 Å². The fraction of sp³-hybridized carbons (Fsp3) is 0.222. The van der Waals surface area contributed by atoms with Gasteiger partial charge in [-0.3, -0.25) is 4.79 Å². The number of amides is 1. The van der Waals surface area contributed by atoms with Crippen LogP contribution < -0.4 is 5.32 Å². The quantitative estimate of drug-likeness (QED) is 0.706. The van der Waals surface area contributed by atoms with E-state index in [2.05, 4.69) is 36.8 Å². The second kappa shape index (κ2) is 6.60. The van der Waals surface area contributed by atoms with Gasteiger partial charge in [0, 0.05) is 10.4 Å². The predicted octanol–water partition coefficient (Wildman–Crippen LogP) is 3.61. The Morgan fingerprint density at radius 2 is 2.04 bits per heavy atom. The Morgan fingerprint density at radius 1 is 1.27 bits per heavy atom. The molecule has 2 aromatic carbocycles. The summed E-state index contributed by atoms with van der Waals surface area (Å²) in [6.07, 6.45) is 0.765. The van der Waals surface area contributed by atoms with Crippen molar-refractivity contribution in [1.29, 1.82) is 0 Å². The van der Waals surface area contributed by atoms with Crippen LogP contribution in [0.4, 0.5) is 10.1 Å². The lowest BCUT2D eigenvalue weighted by atomic mass is 10.1. The molecule has 0 bridgehead atoms. The van der Waals surface area contributed by atoms with Gasteiger partial charge in [0.2, 0.25) is 5.91 Å². The molecule has 0 spiro atoms.